The van der Waals surface area contributed by atoms with Gasteiger partial charge in [-0.05, 0) is 0 Å². The van der Waals surface area contributed by atoms with Gasteiger partial charge in [-0.3, -0.25) is 13.7 Å². The SMILES string of the molecule is CCC1=NCCN1.COS(=O)(=O)O. The monoisotopic (exact) mass is 210 g/mol. The summed E-state index contributed by atoms with van der Waals surface area (Å²) in [5, 5.41) is 3.16. The molecule has 13 heavy (non-hydrogen) atoms. The van der Waals surface area contributed by atoms with Crippen LogP contribution in [0.1, 0.15) is 13.3 Å². The van der Waals surface area contributed by atoms with E-state index in [0.717, 1.165) is 26.6 Å². The number of amidine groups is 1. The Labute approximate surface area is 78.0 Å². The average molecular weight is 210 g/mol. The van der Waals surface area contributed by atoms with Crippen molar-refractivity contribution in [2.75, 3.05) is 20.2 Å². The van der Waals surface area contributed by atoms with E-state index in [1.807, 2.05) is 0 Å². The molecule has 78 valence electrons. The van der Waals surface area contributed by atoms with Gasteiger partial charge in [-0.1, -0.05) is 6.92 Å². The molecule has 1 heterocycles. The van der Waals surface area contributed by atoms with E-state index in [0.29, 0.717) is 0 Å². The fourth-order valence-corrected chi connectivity index (χ4v) is 0.684. The fraction of sp³-hybridized carbons (Fsp3) is 0.833. The lowest BCUT2D eigenvalue weighted by molar-refractivity contribution is 0.324. The summed E-state index contributed by atoms with van der Waals surface area (Å²) < 4.78 is 29.7. The summed E-state index contributed by atoms with van der Waals surface area (Å²) in [5.74, 6) is 1.17. The Morgan fingerprint density at radius 1 is 1.69 bits per heavy atom. The molecule has 0 aromatic carbocycles. The quantitative estimate of drug-likeness (QED) is 0.618. The van der Waals surface area contributed by atoms with Gasteiger partial charge in [0.15, 0.2) is 0 Å². The third-order valence-electron chi connectivity index (χ3n) is 1.29. The van der Waals surface area contributed by atoms with Gasteiger partial charge in [0.1, 0.15) is 0 Å². The van der Waals surface area contributed by atoms with Crippen molar-refractivity contribution in [2.24, 2.45) is 4.99 Å². The summed E-state index contributed by atoms with van der Waals surface area (Å²) in [6, 6.07) is 0. The van der Waals surface area contributed by atoms with Crippen molar-refractivity contribution in [1.29, 1.82) is 0 Å². The third-order valence-corrected chi connectivity index (χ3v) is 1.71. The Bertz CT molecular complexity index is 260. The molecule has 2 N–H and O–H groups in total. The van der Waals surface area contributed by atoms with Gasteiger partial charge in [0.05, 0.1) is 19.5 Å². The lowest BCUT2D eigenvalue weighted by Gasteiger charge is -1.91. The molecule has 0 unspecified atom stereocenters. The first-order valence-corrected chi connectivity index (χ1v) is 5.16. The highest BCUT2D eigenvalue weighted by Crippen LogP contribution is 1.87. The summed E-state index contributed by atoms with van der Waals surface area (Å²) in [5.41, 5.74) is 0. The summed E-state index contributed by atoms with van der Waals surface area (Å²) in [7, 11) is -3.29. The molecule has 0 aromatic heterocycles. The van der Waals surface area contributed by atoms with Crippen LogP contribution >= 0.6 is 0 Å². The van der Waals surface area contributed by atoms with Crippen LogP contribution in [0.15, 0.2) is 4.99 Å². The standard InChI is InChI=1S/C5H10N2.CH4O4S/c1-2-5-6-3-4-7-5;1-5-6(2,3)4/h2-4H2,1H3,(H,6,7);1H3,(H,2,3,4). The van der Waals surface area contributed by atoms with Gasteiger partial charge in [-0.25, -0.2) is 0 Å². The van der Waals surface area contributed by atoms with Crippen molar-refractivity contribution in [3.05, 3.63) is 0 Å². The van der Waals surface area contributed by atoms with Gasteiger partial charge in [0.2, 0.25) is 0 Å². The van der Waals surface area contributed by atoms with E-state index in [1.165, 1.54) is 5.84 Å². The summed E-state index contributed by atoms with van der Waals surface area (Å²) in [6.07, 6.45) is 1.06. The predicted octanol–water partition coefficient (Wildman–Crippen LogP) is -0.166. The van der Waals surface area contributed by atoms with Gasteiger partial charge >= 0.3 is 10.4 Å². The second kappa shape index (κ2) is 5.90. The molecule has 1 aliphatic heterocycles. The molecule has 1 aliphatic rings. The number of nitrogens with one attached hydrogen (secondary N) is 1. The molecule has 0 aliphatic carbocycles. The molecule has 7 heteroatoms. The average Bonchev–Trinajstić information content (AvgIpc) is 2.56. The molecule has 6 nitrogen and oxygen atoms in total. The molecule has 0 spiro atoms. The maximum atomic E-state index is 9.33. The van der Waals surface area contributed by atoms with Crippen molar-refractivity contribution >= 4 is 16.2 Å². The van der Waals surface area contributed by atoms with Crippen molar-refractivity contribution in [3.8, 4) is 0 Å². The molecule has 0 saturated carbocycles. The minimum atomic E-state index is -4.16. The highest BCUT2D eigenvalue weighted by atomic mass is 32.3. The summed E-state index contributed by atoms with van der Waals surface area (Å²) in [6.45, 7) is 4.13. The second-order valence-electron chi connectivity index (χ2n) is 2.20. The number of rotatable bonds is 2. The van der Waals surface area contributed by atoms with E-state index >= 15 is 0 Å². The van der Waals surface area contributed by atoms with Crippen LogP contribution in [-0.2, 0) is 14.6 Å². The van der Waals surface area contributed by atoms with E-state index in [2.05, 4.69) is 21.4 Å². The topological polar surface area (TPSA) is 88.0 Å². The van der Waals surface area contributed by atoms with Gasteiger partial charge < -0.3 is 5.32 Å². The maximum absolute atomic E-state index is 9.33. The molecule has 0 radical (unpaired) electrons. The number of aliphatic imine (C=N–C) groups is 1. The first-order valence-electron chi connectivity index (χ1n) is 3.79. The Balaban J connectivity index is 0.000000226. The third kappa shape index (κ3) is 7.69. The number of hydrogen-bond donors (Lipinski definition) is 2. The molecule has 0 aromatic rings. The van der Waals surface area contributed by atoms with Crippen LogP contribution in [-0.4, -0.2) is 39.0 Å². The van der Waals surface area contributed by atoms with Crippen LogP contribution < -0.4 is 5.32 Å². The fourth-order valence-electron chi connectivity index (χ4n) is 0.684. The molecule has 0 fully saturated rings. The lowest BCUT2D eigenvalue weighted by Crippen LogP contribution is -2.16. The summed E-state index contributed by atoms with van der Waals surface area (Å²) >= 11 is 0. The van der Waals surface area contributed by atoms with Crippen molar-refractivity contribution in [1.82, 2.24) is 5.32 Å². The zero-order chi connectivity index (χ0) is 10.3. The van der Waals surface area contributed by atoms with Gasteiger partial charge in [-0.2, -0.15) is 8.42 Å². The van der Waals surface area contributed by atoms with Gasteiger partial charge in [-0.15, -0.1) is 0 Å². The van der Waals surface area contributed by atoms with Gasteiger partial charge in [0.25, 0.3) is 0 Å². The molecule has 0 saturated heterocycles. The molecule has 0 bridgehead atoms. The van der Waals surface area contributed by atoms with Crippen LogP contribution in [0.2, 0.25) is 0 Å². The van der Waals surface area contributed by atoms with Crippen LogP contribution in [0.4, 0.5) is 0 Å². The van der Waals surface area contributed by atoms with Crippen LogP contribution in [0.3, 0.4) is 0 Å². The molecular weight excluding hydrogens is 196 g/mol. The number of hydrogen-bond acceptors (Lipinski definition) is 5. The minimum absolute atomic E-state index is 0.870. The predicted molar refractivity (Wildman–Crippen MR) is 49.2 cm³/mol. The minimum Gasteiger partial charge on any atom is -0.372 e. The lowest BCUT2D eigenvalue weighted by atomic mass is 10.4. The van der Waals surface area contributed by atoms with E-state index in [1.54, 1.807) is 0 Å². The highest BCUT2D eigenvalue weighted by molar-refractivity contribution is 7.80. The number of nitrogens with zero attached hydrogens (tertiary/aromatic N) is 1. The highest BCUT2D eigenvalue weighted by Gasteiger charge is 1.98. The second-order valence-corrected chi connectivity index (χ2v) is 3.39. The van der Waals surface area contributed by atoms with Crippen LogP contribution in [0, 0.1) is 0 Å². The van der Waals surface area contributed by atoms with E-state index in [9.17, 15) is 8.42 Å². The zero-order valence-corrected chi connectivity index (χ0v) is 8.47. The van der Waals surface area contributed by atoms with E-state index in [4.69, 9.17) is 4.55 Å². The van der Waals surface area contributed by atoms with Crippen molar-refractivity contribution in [3.63, 3.8) is 0 Å². The molecule has 0 atom stereocenters. The Hall–Kier alpha value is -0.660. The molecule has 0 amide bonds. The zero-order valence-electron chi connectivity index (χ0n) is 7.65. The maximum Gasteiger partial charge on any atom is 0.397 e. The smallest absolute Gasteiger partial charge is 0.372 e. The molecule has 1 rings (SSSR count). The van der Waals surface area contributed by atoms with Crippen molar-refractivity contribution < 1.29 is 17.2 Å². The Morgan fingerprint density at radius 3 is 2.38 bits per heavy atom. The first kappa shape index (κ1) is 12.3. The Morgan fingerprint density at radius 2 is 2.23 bits per heavy atom. The van der Waals surface area contributed by atoms with E-state index in [-0.39, 0.29) is 0 Å². The largest absolute Gasteiger partial charge is 0.397 e. The van der Waals surface area contributed by atoms with Gasteiger partial charge in [0, 0.05) is 13.0 Å². The normalized spacial score (nSPS) is 15.5. The summed E-state index contributed by atoms with van der Waals surface area (Å²) in [4.78, 5) is 4.16. The van der Waals surface area contributed by atoms with Crippen molar-refractivity contribution in [2.45, 2.75) is 13.3 Å². The first-order chi connectivity index (χ1) is 5.99. The van der Waals surface area contributed by atoms with Crippen LogP contribution in [0.25, 0.3) is 0 Å². The molecular formula is C6H14N2O4S. The van der Waals surface area contributed by atoms with E-state index < -0.39 is 10.4 Å². The Kier molecular flexibility index (Phi) is 5.60. The van der Waals surface area contributed by atoms with Crippen LogP contribution in [0.5, 0.6) is 0 Å².